The van der Waals surface area contributed by atoms with Crippen LogP contribution < -0.4 is 10.1 Å². The molecule has 2 amide bonds. The Morgan fingerprint density at radius 2 is 1.76 bits per heavy atom. The fourth-order valence-corrected chi connectivity index (χ4v) is 3.48. The van der Waals surface area contributed by atoms with Crippen LogP contribution in [0.5, 0.6) is 5.75 Å². The van der Waals surface area contributed by atoms with E-state index in [2.05, 4.69) is 10.4 Å². The van der Waals surface area contributed by atoms with E-state index in [1.54, 1.807) is 41.9 Å². The third-order valence-corrected chi connectivity index (χ3v) is 5.64. The lowest BCUT2D eigenvalue weighted by Gasteiger charge is -2.20. The van der Waals surface area contributed by atoms with E-state index in [4.69, 9.17) is 27.9 Å². The number of ether oxygens (including phenoxy) is 1. The molecule has 0 saturated carbocycles. The predicted octanol–water partition coefficient (Wildman–Crippen LogP) is 5.34. The van der Waals surface area contributed by atoms with Crippen LogP contribution in [0.2, 0.25) is 10.0 Å². The molecular formula is C25H28Cl2N4O3. The third kappa shape index (κ3) is 6.52. The number of hydrogen-bond donors (Lipinski definition) is 1. The van der Waals surface area contributed by atoms with E-state index >= 15 is 0 Å². The molecule has 9 heteroatoms. The highest BCUT2D eigenvalue weighted by Crippen LogP contribution is 2.29. The third-order valence-electron chi connectivity index (χ3n) is 5.07. The molecular weight excluding hydrogens is 475 g/mol. The smallest absolute Gasteiger partial charge is 0.260 e. The van der Waals surface area contributed by atoms with E-state index in [-0.39, 0.29) is 30.4 Å². The van der Waals surface area contributed by atoms with Crippen LogP contribution in [0.1, 0.15) is 33.4 Å². The van der Waals surface area contributed by atoms with Crippen molar-refractivity contribution in [2.45, 2.75) is 33.1 Å². The summed E-state index contributed by atoms with van der Waals surface area (Å²) in [7, 11) is 0. The molecule has 0 fully saturated rings. The Kier molecular flexibility index (Phi) is 8.23. The molecule has 0 aliphatic carbocycles. The summed E-state index contributed by atoms with van der Waals surface area (Å²) in [6.45, 7) is 7.96. The van der Waals surface area contributed by atoms with Gasteiger partial charge in [-0.2, -0.15) is 5.10 Å². The van der Waals surface area contributed by atoms with E-state index in [9.17, 15) is 9.59 Å². The number of rotatable bonds is 8. The van der Waals surface area contributed by atoms with Gasteiger partial charge >= 0.3 is 0 Å². The first-order chi connectivity index (χ1) is 16.1. The summed E-state index contributed by atoms with van der Waals surface area (Å²) < 4.78 is 7.14. The quantitative estimate of drug-likeness (QED) is 0.450. The van der Waals surface area contributed by atoms with Crippen molar-refractivity contribution in [3.63, 3.8) is 0 Å². The highest BCUT2D eigenvalue weighted by molar-refractivity contribution is 6.32. The Labute approximate surface area is 209 Å². The summed E-state index contributed by atoms with van der Waals surface area (Å²) in [6.07, 6.45) is 0. The monoisotopic (exact) mass is 502 g/mol. The first-order valence-electron chi connectivity index (χ1n) is 10.9. The van der Waals surface area contributed by atoms with E-state index in [1.165, 1.54) is 4.90 Å². The molecule has 3 rings (SSSR count). The lowest BCUT2D eigenvalue weighted by Crippen LogP contribution is -2.40. The number of benzene rings is 2. The van der Waals surface area contributed by atoms with Gasteiger partial charge in [0.1, 0.15) is 11.6 Å². The number of halogens is 2. The van der Waals surface area contributed by atoms with Crippen LogP contribution in [0.3, 0.4) is 0 Å². The number of anilines is 1. The lowest BCUT2D eigenvalue weighted by atomic mass is 9.92. The van der Waals surface area contributed by atoms with Gasteiger partial charge in [0.25, 0.3) is 5.91 Å². The number of nitrogens with zero attached hydrogens (tertiary/aromatic N) is 3. The van der Waals surface area contributed by atoms with Crippen molar-refractivity contribution in [1.29, 1.82) is 0 Å². The van der Waals surface area contributed by atoms with Gasteiger partial charge in [0.15, 0.2) is 6.61 Å². The second-order valence-electron chi connectivity index (χ2n) is 8.73. The van der Waals surface area contributed by atoms with Gasteiger partial charge in [0, 0.05) is 23.0 Å². The number of hydrogen-bond acceptors (Lipinski definition) is 4. The molecule has 34 heavy (non-hydrogen) atoms. The van der Waals surface area contributed by atoms with Crippen molar-refractivity contribution in [2.75, 3.05) is 25.0 Å². The Hall–Kier alpha value is -3.03. The van der Waals surface area contributed by atoms with Gasteiger partial charge in [-0.25, -0.2) is 4.68 Å². The second-order valence-corrected chi connectivity index (χ2v) is 9.57. The average Bonchev–Trinajstić information content (AvgIpc) is 3.21. The van der Waals surface area contributed by atoms with Crippen molar-refractivity contribution in [1.82, 2.24) is 14.7 Å². The molecule has 0 atom stereocenters. The van der Waals surface area contributed by atoms with Crippen LogP contribution in [-0.4, -0.2) is 46.2 Å². The zero-order valence-electron chi connectivity index (χ0n) is 19.6. The molecule has 0 aliphatic heterocycles. The summed E-state index contributed by atoms with van der Waals surface area (Å²) in [5, 5.41) is 8.64. The van der Waals surface area contributed by atoms with Crippen molar-refractivity contribution < 1.29 is 14.3 Å². The zero-order valence-corrected chi connectivity index (χ0v) is 21.2. The standard InChI is InChI=1S/C25H28Cl2N4O3/c1-5-30(24(33)16-34-18-12-10-17(26)11-13-18)15-23(32)28-22-14-21(25(2,3)4)29-31(22)20-9-7-6-8-19(20)27/h6-14H,5,15-16H2,1-4H3,(H,28,32). The van der Waals surface area contributed by atoms with Crippen molar-refractivity contribution in [3.8, 4) is 11.4 Å². The number of aromatic nitrogens is 2. The van der Waals surface area contributed by atoms with Gasteiger partial charge in [0.05, 0.1) is 22.9 Å². The molecule has 180 valence electrons. The van der Waals surface area contributed by atoms with Gasteiger partial charge < -0.3 is 15.0 Å². The Bertz CT molecular complexity index is 1150. The maximum Gasteiger partial charge on any atom is 0.260 e. The highest BCUT2D eigenvalue weighted by Gasteiger charge is 2.23. The van der Waals surface area contributed by atoms with Crippen molar-refractivity contribution >= 4 is 40.8 Å². The first kappa shape index (κ1) is 25.6. The fraction of sp³-hybridized carbons (Fsp3) is 0.320. The Morgan fingerprint density at radius 3 is 2.38 bits per heavy atom. The van der Waals surface area contributed by atoms with Gasteiger partial charge in [0.2, 0.25) is 5.91 Å². The minimum atomic E-state index is -0.352. The van der Waals surface area contributed by atoms with E-state index in [1.807, 2.05) is 45.0 Å². The number of para-hydroxylation sites is 1. The van der Waals surface area contributed by atoms with Crippen LogP contribution >= 0.6 is 23.2 Å². The van der Waals surface area contributed by atoms with Crippen molar-refractivity contribution in [2.24, 2.45) is 0 Å². The van der Waals surface area contributed by atoms with Gasteiger partial charge in [-0.05, 0) is 43.3 Å². The Balaban J connectivity index is 1.72. The topological polar surface area (TPSA) is 76.5 Å². The molecule has 0 unspecified atom stereocenters. The Morgan fingerprint density at radius 1 is 1.09 bits per heavy atom. The molecule has 1 N–H and O–H groups in total. The summed E-state index contributed by atoms with van der Waals surface area (Å²) >= 11 is 12.3. The highest BCUT2D eigenvalue weighted by atomic mass is 35.5. The lowest BCUT2D eigenvalue weighted by molar-refractivity contribution is -0.136. The van der Waals surface area contributed by atoms with Gasteiger partial charge in [-0.1, -0.05) is 56.1 Å². The number of carbonyl (C=O) groups excluding carboxylic acids is 2. The van der Waals surface area contributed by atoms with Gasteiger partial charge in [-0.3, -0.25) is 9.59 Å². The van der Waals surface area contributed by atoms with Crippen LogP contribution in [0.25, 0.3) is 5.69 Å². The SMILES string of the molecule is CCN(CC(=O)Nc1cc(C(C)(C)C)nn1-c1ccccc1Cl)C(=O)COc1ccc(Cl)cc1. The number of nitrogens with one attached hydrogen (secondary N) is 1. The molecule has 1 heterocycles. The summed E-state index contributed by atoms with van der Waals surface area (Å²) in [6, 6.07) is 15.8. The molecule has 2 aromatic carbocycles. The van der Waals surface area contributed by atoms with Crippen LogP contribution in [0.15, 0.2) is 54.6 Å². The first-order valence-corrected chi connectivity index (χ1v) is 11.7. The number of carbonyl (C=O) groups is 2. The maximum atomic E-state index is 12.9. The molecule has 7 nitrogen and oxygen atoms in total. The van der Waals surface area contributed by atoms with Crippen LogP contribution in [0.4, 0.5) is 5.82 Å². The molecule has 3 aromatic rings. The molecule has 0 saturated heterocycles. The number of likely N-dealkylation sites (N-methyl/N-ethyl adjacent to an activating group) is 1. The minimum Gasteiger partial charge on any atom is -0.484 e. The average molecular weight is 503 g/mol. The van der Waals surface area contributed by atoms with E-state index in [0.717, 1.165) is 5.69 Å². The molecule has 0 spiro atoms. The molecule has 1 aromatic heterocycles. The zero-order chi connectivity index (χ0) is 24.9. The van der Waals surface area contributed by atoms with Gasteiger partial charge in [-0.15, -0.1) is 0 Å². The fourth-order valence-electron chi connectivity index (χ4n) is 3.14. The molecule has 0 aliphatic rings. The normalized spacial score (nSPS) is 11.2. The van der Waals surface area contributed by atoms with Crippen molar-refractivity contribution in [3.05, 3.63) is 70.3 Å². The molecule has 0 bridgehead atoms. The summed E-state index contributed by atoms with van der Waals surface area (Å²) in [5.41, 5.74) is 1.20. The predicted molar refractivity (Wildman–Crippen MR) is 135 cm³/mol. The summed E-state index contributed by atoms with van der Waals surface area (Å²) in [5.74, 6) is 0.346. The van der Waals surface area contributed by atoms with Crippen LogP contribution in [-0.2, 0) is 15.0 Å². The largest absolute Gasteiger partial charge is 0.484 e. The maximum absolute atomic E-state index is 12.9. The minimum absolute atomic E-state index is 0.127. The molecule has 0 radical (unpaired) electrons. The summed E-state index contributed by atoms with van der Waals surface area (Å²) in [4.78, 5) is 26.9. The van der Waals surface area contributed by atoms with E-state index < -0.39 is 0 Å². The van der Waals surface area contributed by atoms with Crippen LogP contribution in [0, 0.1) is 0 Å². The second kappa shape index (κ2) is 10.9. The number of amides is 2. The van der Waals surface area contributed by atoms with E-state index in [0.29, 0.717) is 33.8 Å².